The van der Waals surface area contributed by atoms with E-state index >= 15 is 0 Å². The third-order valence-corrected chi connectivity index (χ3v) is 4.93. The van der Waals surface area contributed by atoms with Crippen LogP contribution in [0.3, 0.4) is 0 Å². The van der Waals surface area contributed by atoms with Crippen molar-refractivity contribution in [3.8, 4) is 6.07 Å². The number of oxazole rings is 1. The van der Waals surface area contributed by atoms with Crippen LogP contribution in [-0.4, -0.2) is 28.3 Å². The highest BCUT2D eigenvalue weighted by Gasteiger charge is 2.28. The lowest BCUT2D eigenvalue weighted by Gasteiger charge is -2.32. The number of nitriles is 1. The Morgan fingerprint density at radius 3 is 2.88 bits per heavy atom. The second-order valence-electron chi connectivity index (χ2n) is 6.53. The maximum absolute atomic E-state index is 9.56. The van der Waals surface area contributed by atoms with E-state index < -0.39 is 0 Å². The van der Waals surface area contributed by atoms with Crippen LogP contribution in [0.1, 0.15) is 41.5 Å². The lowest BCUT2D eigenvalue weighted by Crippen LogP contribution is -2.36. The quantitative estimate of drug-likeness (QED) is 0.714. The van der Waals surface area contributed by atoms with Crippen molar-refractivity contribution in [2.75, 3.05) is 18.0 Å². The molecule has 1 atom stereocenters. The SMILES string of the molecule is Cc1nnc(N2CCCC(c3nc4ccccc4o3)C2)c(C#N)c1C. The number of rotatable bonds is 2. The van der Waals surface area contributed by atoms with Crippen LogP contribution in [0.25, 0.3) is 11.1 Å². The van der Waals surface area contributed by atoms with E-state index in [0.717, 1.165) is 54.2 Å². The number of anilines is 1. The molecular formula is C19H19N5O. The summed E-state index contributed by atoms with van der Waals surface area (Å²) >= 11 is 0. The van der Waals surface area contributed by atoms with E-state index in [1.165, 1.54) is 0 Å². The molecule has 1 aromatic carbocycles. The summed E-state index contributed by atoms with van der Waals surface area (Å²) in [5, 5.41) is 18.1. The first-order valence-electron chi connectivity index (χ1n) is 8.51. The van der Waals surface area contributed by atoms with Gasteiger partial charge in [-0.15, -0.1) is 5.10 Å². The van der Waals surface area contributed by atoms with Crippen molar-refractivity contribution in [2.45, 2.75) is 32.6 Å². The minimum atomic E-state index is 0.191. The molecular weight excluding hydrogens is 314 g/mol. The second kappa shape index (κ2) is 6.17. The molecule has 0 spiro atoms. The van der Waals surface area contributed by atoms with Crippen molar-refractivity contribution in [3.63, 3.8) is 0 Å². The predicted octanol–water partition coefficient (Wildman–Crippen LogP) is 3.49. The molecule has 0 radical (unpaired) electrons. The molecule has 1 fully saturated rings. The zero-order valence-electron chi connectivity index (χ0n) is 14.4. The highest BCUT2D eigenvalue weighted by atomic mass is 16.3. The number of aryl methyl sites for hydroxylation is 1. The number of aromatic nitrogens is 3. The Balaban J connectivity index is 1.65. The number of hydrogen-bond acceptors (Lipinski definition) is 6. The van der Waals surface area contributed by atoms with E-state index in [4.69, 9.17) is 4.42 Å². The number of para-hydroxylation sites is 2. The lowest BCUT2D eigenvalue weighted by molar-refractivity contribution is 0.411. The minimum Gasteiger partial charge on any atom is -0.440 e. The van der Waals surface area contributed by atoms with Gasteiger partial charge in [0.2, 0.25) is 0 Å². The van der Waals surface area contributed by atoms with Gasteiger partial charge in [0, 0.05) is 13.1 Å². The fraction of sp³-hybridized carbons (Fsp3) is 0.368. The van der Waals surface area contributed by atoms with Gasteiger partial charge in [-0.3, -0.25) is 0 Å². The van der Waals surface area contributed by atoms with Gasteiger partial charge < -0.3 is 9.32 Å². The maximum Gasteiger partial charge on any atom is 0.200 e. The van der Waals surface area contributed by atoms with Crippen LogP contribution in [0.15, 0.2) is 28.7 Å². The van der Waals surface area contributed by atoms with Crippen LogP contribution in [0.4, 0.5) is 5.82 Å². The fourth-order valence-corrected chi connectivity index (χ4v) is 3.39. The first-order valence-corrected chi connectivity index (χ1v) is 8.51. The Morgan fingerprint density at radius 2 is 2.08 bits per heavy atom. The Labute approximate surface area is 146 Å². The number of piperidine rings is 1. The average molecular weight is 333 g/mol. The van der Waals surface area contributed by atoms with E-state index in [-0.39, 0.29) is 5.92 Å². The van der Waals surface area contributed by atoms with Gasteiger partial charge in [-0.25, -0.2) is 4.98 Å². The molecule has 0 amide bonds. The summed E-state index contributed by atoms with van der Waals surface area (Å²) in [7, 11) is 0. The monoisotopic (exact) mass is 333 g/mol. The summed E-state index contributed by atoms with van der Waals surface area (Å²) in [4.78, 5) is 6.78. The first-order chi connectivity index (χ1) is 12.2. The first kappa shape index (κ1) is 15.6. The van der Waals surface area contributed by atoms with Crippen molar-refractivity contribution >= 4 is 16.9 Å². The van der Waals surface area contributed by atoms with Gasteiger partial charge >= 0.3 is 0 Å². The molecule has 3 heterocycles. The summed E-state index contributed by atoms with van der Waals surface area (Å²) in [6.45, 7) is 5.40. The lowest BCUT2D eigenvalue weighted by atomic mass is 9.97. The molecule has 2 aromatic heterocycles. The van der Waals surface area contributed by atoms with Crippen LogP contribution in [0, 0.1) is 25.2 Å². The second-order valence-corrected chi connectivity index (χ2v) is 6.53. The van der Waals surface area contributed by atoms with E-state index in [1.807, 2.05) is 38.1 Å². The molecule has 4 rings (SSSR count). The van der Waals surface area contributed by atoms with Crippen molar-refractivity contribution in [1.82, 2.24) is 15.2 Å². The summed E-state index contributed by atoms with van der Waals surface area (Å²) < 4.78 is 5.95. The third-order valence-electron chi connectivity index (χ3n) is 4.93. The highest BCUT2D eigenvalue weighted by Crippen LogP contribution is 2.32. The normalized spacial score (nSPS) is 17.6. The molecule has 0 bridgehead atoms. The Bertz CT molecular complexity index is 939. The van der Waals surface area contributed by atoms with Gasteiger partial charge in [0.15, 0.2) is 17.3 Å². The third kappa shape index (κ3) is 2.72. The van der Waals surface area contributed by atoms with E-state index in [0.29, 0.717) is 11.4 Å². The van der Waals surface area contributed by atoms with Crippen LogP contribution in [-0.2, 0) is 0 Å². The van der Waals surface area contributed by atoms with E-state index in [9.17, 15) is 5.26 Å². The molecule has 126 valence electrons. The zero-order chi connectivity index (χ0) is 17.4. The van der Waals surface area contributed by atoms with Gasteiger partial charge in [-0.05, 0) is 44.4 Å². The summed E-state index contributed by atoms with van der Waals surface area (Å²) in [5.74, 6) is 1.63. The van der Waals surface area contributed by atoms with E-state index in [2.05, 4.69) is 26.2 Å². The molecule has 6 nitrogen and oxygen atoms in total. The summed E-state index contributed by atoms with van der Waals surface area (Å²) in [5.41, 5.74) is 4.02. The predicted molar refractivity (Wildman–Crippen MR) is 94.4 cm³/mol. The topological polar surface area (TPSA) is 78.8 Å². The van der Waals surface area contributed by atoms with Crippen molar-refractivity contribution in [1.29, 1.82) is 5.26 Å². The van der Waals surface area contributed by atoms with Crippen LogP contribution in [0.5, 0.6) is 0 Å². The van der Waals surface area contributed by atoms with Gasteiger partial charge in [0.05, 0.1) is 11.6 Å². The largest absolute Gasteiger partial charge is 0.440 e. The molecule has 1 aliphatic rings. The molecule has 1 unspecified atom stereocenters. The minimum absolute atomic E-state index is 0.191. The van der Waals surface area contributed by atoms with Gasteiger partial charge in [0.25, 0.3) is 0 Å². The fourth-order valence-electron chi connectivity index (χ4n) is 3.39. The molecule has 25 heavy (non-hydrogen) atoms. The van der Waals surface area contributed by atoms with Crippen LogP contribution < -0.4 is 4.90 Å². The summed E-state index contributed by atoms with van der Waals surface area (Å²) in [6.07, 6.45) is 2.02. The van der Waals surface area contributed by atoms with E-state index in [1.54, 1.807) is 0 Å². The molecule has 6 heteroatoms. The Morgan fingerprint density at radius 1 is 1.24 bits per heavy atom. The Kier molecular flexibility index (Phi) is 3.85. The Hall–Kier alpha value is -2.94. The van der Waals surface area contributed by atoms with Crippen molar-refractivity contribution in [3.05, 3.63) is 47.0 Å². The number of benzene rings is 1. The zero-order valence-corrected chi connectivity index (χ0v) is 14.4. The van der Waals surface area contributed by atoms with Gasteiger partial charge in [-0.1, -0.05) is 12.1 Å². The number of fused-ring (bicyclic) bond motifs is 1. The van der Waals surface area contributed by atoms with Crippen molar-refractivity contribution < 1.29 is 4.42 Å². The van der Waals surface area contributed by atoms with Gasteiger partial charge in [-0.2, -0.15) is 10.4 Å². The molecule has 0 N–H and O–H groups in total. The number of hydrogen-bond donors (Lipinski definition) is 0. The number of nitrogens with zero attached hydrogens (tertiary/aromatic N) is 5. The molecule has 3 aromatic rings. The molecule has 1 saturated heterocycles. The van der Waals surface area contributed by atoms with Crippen LogP contribution >= 0.6 is 0 Å². The smallest absolute Gasteiger partial charge is 0.200 e. The molecule has 0 saturated carbocycles. The van der Waals surface area contributed by atoms with Gasteiger partial charge in [0.1, 0.15) is 17.1 Å². The standard InChI is InChI=1S/C19H19N5O/c1-12-13(2)22-23-18(15(12)10-20)24-9-5-6-14(11-24)19-21-16-7-3-4-8-17(16)25-19/h3-4,7-8,14H,5-6,9,11H2,1-2H3. The average Bonchev–Trinajstić information content (AvgIpc) is 3.08. The summed E-state index contributed by atoms with van der Waals surface area (Å²) in [6, 6.07) is 10.1. The van der Waals surface area contributed by atoms with Crippen molar-refractivity contribution in [2.24, 2.45) is 0 Å². The highest BCUT2D eigenvalue weighted by molar-refractivity contribution is 5.72. The maximum atomic E-state index is 9.56. The molecule has 0 aliphatic carbocycles. The van der Waals surface area contributed by atoms with Crippen LogP contribution in [0.2, 0.25) is 0 Å². The molecule has 1 aliphatic heterocycles.